The van der Waals surface area contributed by atoms with Crippen LogP contribution < -0.4 is 0 Å². The Morgan fingerprint density at radius 1 is 1.21 bits per heavy atom. The fourth-order valence-corrected chi connectivity index (χ4v) is 2.47. The van der Waals surface area contributed by atoms with Gasteiger partial charge in [-0.1, -0.05) is 24.3 Å². The molecule has 0 aliphatic carbocycles. The predicted octanol–water partition coefficient (Wildman–Crippen LogP) is 3.17. The molecule has 100 valence electrons. The molecule has 2 rings (SSSR count). The minimum absolute atomic E-state index is 0.195. The quantitative estimate of drug-likeness (QED) is 0.651. The number of esters is 1. The second-order valence-corrected chi connectivity index (χ2v) is 5.24. The van der Waals surface area contributed by atoms with Gasteiger partial charge in [0.1, 0.15) is 5.75 Å². The van der Waals surface area contributed by atoms with Crippen molar-refractivity contribution >= 4 is 17.3 Å². The number of phenolic OH excluding ortho intramolecular Hbond substituents is 1. The molecule has 0 atom stereocenters. The molecule has 1 aromatic carbocycles. The molecule has 1 N–H and O–H groups in total. The maximum absolute atomic E-state index is 11.5. The number of aromatic hydroxyl groups is 1. The van der Waals surface area contributed by atoms with Crippen LogP contribution in [0.1, 0.15) is 16.9 Å². The van der Waals surface area contributed by atoms with Gasteiger partial charge in [-0.2, -0.15) is 0 Å². The number of thiophene rings is 1. The summed E-state index contributed by atoms with van der Waals surface area (Å²) in [7, 11) is 0. The number of ether oxygens (including phenoxy) is 1. The van der Waals surface area contributed by atoms with E-state index in [0.29, 0.717) is 31.6 Å². The van der Waals surface area contributed by atoms with Crippen molar-refractivity contribution in [1.82, 2.24) is 0 Å². The van der Waals surface area contributed by atoms with E-state index in [0.717, 1.165) is 10.4 Å². The smallest absolute Gasteiger partial charge is 0.311 e. The van der Waals surface area contributed by atoms with E-state index in [4.69, 9.17) is 4.74 Å². The minimum Gasteiger partial charge on any atom is -0.508 e. The van der Waals surface area contributed by atoms with Crippen LogP contribution >= 0.6 is 11.3 Å². The van der Waals surface area contributed by atoms with Gasteiger partial charge in [0.2, 0.25) is 0 Å². The molecule has 1 aromatic heterocycles. The van der Waals surface area contributed by atoms with Crippen LogP contribution in [0.4, 0.5) is 0 Å². The standard InChI is InChI=1S/C15H16O3S/c16-14-8-2-1-5-12(14)6-3-9-18-15(17)11-13-7-4-10-19-13/h1-2,4-5,7-8,10,16H,3,6,9,11H2. The summed E-state index contributed by atoms with van der Waals surface area (Å²) in [4.78, 5) is 12.5. The van der Waals surface area contributed by atoms with Gasteiger partial charge >= 0.3 is 5.97 Å². The number of hydrogen-bond acceptors (Lipinski definition) is 4. The van der Waals surface area contributed by atoms with Crippen molar-refractivity contribution in [1.29, 1.82) is 0 Å². The lowest BCUT2D eigenvalue weighted by molar-refractivity contribution is -0.142. The molecule has 0 amide bonds. The Morgan fingerprint density at radius 2 is 2.05 bits per heavy atom. The van der Waals surface area contributed by atoms with Crippen molar-refractivity contribution in [2.75, 3.05) is 6.61 Å². The number of rotatable bonds is 6. The van der Waals surface area contributed by atoms with Gasteiger partial charge in [-0.15, -0.1) is 11.3 Å². The third kappa shape index (κ3) is 4.41. The van der Waals surface area contributed by atoms with Crippen molar-refractivity contribution in [2.45, 2.75) is 19.3 Å². The van der Waals surface area contributed by atoms with Crippen LogP contribution in [0.25, 0.3) is 0 Å². The van der Waals surface area contributed by atoms with E-state index in [1.54, 1.807) is 23.5 Å². The summed E-state index contributed by atoms with van der Waals surface area (Å²) in [6, 6.07) is 11.1. The van der Waals surface area contributed by atoms with Crippen LogP contribution in [0.2, 0.25) is 0 Å². The molecule has 2 aromatic rings. The Hall–Kier alpha value is -1.81. The van der Waals surface area contributed by atoms with Gasteiger partial charge in [0, 0.05) is 4.88 Å². The van der Waals surface area contributed by atoms with Crippen molar-refractivity contribution in [2.24, 2.45) is 0 Å². The molecule has 0 unspecified atom stereocenters. The first-order valence-electron chi connectivity index (χ1n) is 6.20. The fourth-order valence-electron chi connectivity index (χ4n) is 1.78. The van der Waals surface area contributed by atoms with Crippen molar-refractivity contribution < 1.29 is 14.6 Å². The Morgan fingerprint density at radius 3 is 2.79 bits per heavy atom. The first kappa shape index (κ1) is 13.6. The van der Waals surface area contributed by atoms with Gasteiger partial charge < -0.3 is 9.84 Å². The highest BCUT2D eigenvalue weighted by Crippen LogP contribution is 2.17. The van der Waals surface area contributed by atoms with Crippen molar-refractivity contribution in [3.8, 4) is 5.75 Å². The number of phenols is 1. The molecule has 0 spiro atoms. The number of hydrogen-bond donors (Lipinski definition) is 1. The highest BCUT2D eigenvalue weighted by atomic mass is 32.1. The Kier molecular flexibility index (Phi) is 4.98. The van der Waals surface area contributed by atoms with Gasteiger partial charge in [0.15, 0.2) is 0 Å². The molecule has 3 nitrogen and oxygen atoms in total. The van der Waals surface area contributed by atoms with Crippen LogP contribution in [-0.4, -0.2) is 17.7 Å². The highest BCUT2D eigenvalue weighted by Gasteiger charge is 2.06. The van der Waals surface area contributed by atoms with E-state index in [2.05, 4.69) is 0 Å². The molecule has 0 aliphatic rings. The number of carbonyl (C=O) groups is 1. The minimum atomic E-state index is -0.195. The number of aryl methyl sites for hydroxylation is 1. The average molecular weight is 276 g/mol. The normalized spacial score (nSPS) is 10.3. The molecular formula is C15H16O3S. The van der Waals surface area contributed by atoms with Gasteiger partial charge in [0.05, 0.1) is 13.0 Å². The molecule has 4 heteroatoms. The SMILES string of the molecule is O=C(Cc1cccs1)OCCCc1ccccc1O. The highest BCUT2D eigenvalue weighted by molar-refractivity contribution is 7.10. The van der Waals surface area contributed by atoms with E-state index in [-0.39, 0.29) is 5.97 Å². The molecule has 0 aliphatic heterocycles. The fraction of sp³-hybridized carbons (Fsp3) is 0.267. The summed E-state index contributed by atoms with van der Waals surface area (Å²) in [6.07, 6.45) is 1.76. The molecular weight excluding hydrogens is 260 g/mol. The van der Waals surface area contributed by atoms with E-state index in [9.17, 15) is 9.90 Å². The van der Waals surface area contributed by atoms with Gasteiger partial charge in [0.25, 0.3) is 0 Å². The summed E-state index contributed by atoms with van der Waals surface area (Å²) < 4.78 is 5.16. The van der Waals surface area contributed by atoms with E-state index < -0.39 is 0 Å². The van der Waals surface area contributed by atoms with Gasteiger partial charge in [-0.3, -0.25) is 4.79 Å². The van der Waals surface area contributed by atoms with Gasteiger partial charge in [-0.05, 0) is 35.9 Å². The van der Waals surface area contributed by atoms with Crippen LogP contribution in [0.5, 0.6) is 5.75 Å². The van der Waals surface area contributed by atoms with E-state index in [1.807, 2.05) is 29.6 Å². The first-order chi connectivity index (χ1) is 9.25. The molecule has 0 radical (unpaired) electrons. The van der Waals surface area contributed by atoms with Crippen molar-refractivity contribution in [3.05, 3.63) is 52.2 Å². The monoisotopic (exact) mass is 276 g/mol. The summed E-state index contributed by atoms with van der Waals surface area (Å²) in [5.41, 5.74) is 0.886. The summed E-state index contributed by atoms with van der Waals surface area (Å²) in [5, 5.41) is 11.5. The maximum Gasteiger partial charge on any atom is 0.311 e. The lowest BCUT2D eigenvalue weighted by Crippen LogP contribution is -2.08. The zero-order valence-corrected chi connectivity index (χ0v) is 11.4. The average Bonchev–Trinajstić information content (AvgIpc) is 2.89. The van der Waals surface area contributed by atoms with E-state index >= 15 is 0 Å². The Bertz CT molecular complexity index is 520. The van der Waals surface area contributed by atoms with Crippen LogP contribution in [-0.2, 0) is 22.4 Å². The third-order valence-electron chi connectivity index (χ3n) is 2.74. The topological polar surface area (TPSA) is 46.5 Å². The number of para-hydroxylation sites is 1. The number of carbonyl (C=O) groups excluding carboxylic acids is 1. The molecule has 1 heterocycles. The second-order valence-electron chi connectivity index (χ2n) is 4.21. The largest absolute Gasteiger partial charge is 0.508 e. The Labute approximate surface area is 116 Å². The van der Waals surface area contributed by atoms with Crippen LogP contribution in [0.15, 0.2) is 41.8 Å². The summed E-state index contributed by atoms with van der Waals surface area (Å²) in [5.74, 6) is 0.104. The molecule has 19 heavy (non-hydrogen) atoms. The van der Waals surface area contributed by atoms with E-state index in [1.165, 1.54) is 0 Å². The summed E-state index contributed by atoms with van der Waals surface area (Å²) >= 11 is 1.56. The van der Waals surface area contributed by atoms with Crippen LogP contribution in [0.3, 0.4) is 0 Å². The maximum atomic E-state index is 11.5. The molecule has 0 saturated carbocycles. The third-order valence-corrected chi connectivity index (χ3v) is 3.62. The van der Waals surface area contributed by atoms with Crippen molar-refractivity contribution in [3.63, 3.8) is 0 Å². The van der Waals surface area contributed by atoms with Gasteiger partial charge in [-0.25, -0.2) is 0 Å². The second kappa shape index (κ2) is 6.95. The first-order valence-corrected chi connectivity index (χ1v) is 7.08. The number of benzene rings is 1. The molecule has 0 fully saturated rings. The van der Waals surface area contributed by atoms with Crippen LogP contribution in [0, 0.1) is 0 Å². The predicted molar refractivity (Wildman–Crippen MR) is 75.4 cm³/mol. The lowest BCUT2D eigenvalue weighted by Gasteiger charge is -2.05. The molecule has 0 saturated heterocycles. The summed E-state index contributed by atoms with van der Waals surface area (Å²) in [6.45, 7) is 0.387. The lowest BCUT2D eigenvalue weighted by atomic mass is 10.1. The molecule has 0 bridgehead atoms. The zero-order chi connectivity index (χ0) is 13.5. The Balaban J connectivity index is 1.67. The zero-order valence-electron chi connectivity index (χ0n) is 10.5.